The number of rotatable bonds is 5. The van der Waals surface area contributed by atoms with Gasteiger partial charge in [0.25, 0.3) is 0 Å². The van der Waals surface area contributed by atoms with Crippen LogP contribution in [0.5, 0.6) is 5.75 Å². The van der Waals surface area contributed by atoms with Crippen LogP contribution in [0.15, 0.2) is 55.0 Å². The van der Waals surface area contributed by atoms with Crippen molar-refractivity contribution < 1.29 is 9.47 Å². The summed E-state index contributed by atoms with van der Waals surface area (Å²) in [6, 6.07) is 12.2. The van der Waals surface area contributed by atoms with Gasteiger partial charge < -0.3 is 14.5 Å². The Labute approximate surface area is 152 Å². The number of imidazole rings is 1. The summed E-state index contributed by atoms with van der Waals surface area (Å²) in [5, 5.41) is 0. The summed E-state index contributed by atoms with van der Waals surface area (Å²) in [6.45, 7) is 3.12. The van der Waals surface area contributed by atoms with Gasteiger partial charge in [0.1, 0.15) is 11.6 Å². The number of morpholine rings is 1. The summed E-state index contributed by atoms with van der Waals surface area (Å²) in [6.07, 6.45) is 5.55. The van der Waals surface area contributed by atoms with Gasteiger partial charge in [0.05, 0.1) is 38.3 Å². The summed E-state index contributed by atoms with van der Waals surface area (Å²) in [7, 11) is 1.67. The second-order valence-corrected chi connectivity index (χ2v) is 6.33. The Morgan fingerprint density at radius 3 is 2.77 bits per heavy atom. The quantitative estimate of drug-likeness (QED) is 0.766. The molecular formula is C20H22N4O2. The van der Waals surface area contributed by atoms with E-state index in [2.05, 4.69) is 32.0 Å². The van der Waals surface area contributed by atoms with E-state index in [1.54, 1.807) is 7.11 Å². The molecule has 0 bridgehead atoms. The molecule has 0 unspecified atom stereocenters. The molecule has 6 heteroatoms. The van der Waals surface area contributed by atoms with Crippen LogP contribution in [0.2, 0.25) is 0 Å². The largest absolute Gasteiger partial charge is 0.497 e. The number of nitrogens with one attached hydrogen (secondary N) is 1. The number of pyridine rings is 1. The molecule has 0 aliphatic carbocycles. The number of benzene rings is 1. The van der Waals surface area contributed by atoms with Crippen molar-refractivity contribution in [2.75, 3.05) is 26.9 Å². The van der Waals surface area contributed by atoms with Crippen LogP contribution in [0.25, 0.3) is 11.3 Å². The summed E-state index contributed by atoms with van der Waals surface area (Å²) in [4.78, 5) is 14.6. The zero-order chi connectivity index (χ0) is 17.8. The average molecular weight is 350 g/mol. The van der Waals surface area contributed by atoms with Gasteiger partial charge >= 0.3 is 0 Å². The fraction of sp³-hybridized carbons (Fsp3) is 0.300. The summed E-state index contributed by atoms with van der Waals surface area (Å²) in [5.41, 5.74) is 3.33. The molecule has 3 aromatic rings. The van der Waals surface area contributed by atoms with E-state index in [4.69, 9.17) is 9.47 Å². The minimum atomic E-state index is 0.115. The number of nitrogens with zero attached hydrogens (tertiary/aromatic N) is 3. The van der Waals surface area contributed by atoms with Gasteiger partial charge in [-0.05, 0) is 47.5 Å². The van der Waals surface area contributed by atoms with Crippen molar-refractivity contribution in [3.63, 3.8) is 0 Å². The minimum Gasteiger partial charge on any atom is -0.497 e. The number of aromatic amines is 1. The zero-order valence-corrected chi connectivity index (χ0v) is 14.8. The van der Waals surface area contributed by atoms with Crippen LogP contribution < -0.4 is 4.74 Å². The average Bonchev–Trinajstić information content (AvgIpc) is 3.19. The molecular weight excluding hydrogens is 328 g/mol. The van der Waals surface area contributed by atoms with Crippen LogP contribution in [0.1, 0.15) is 17.4 Å². The Kier molecular flexibility index (Phi) is 4.95. The Balaban J connectivity index is 1.54. The van der Waals surface area contributed by atoms with E-state index in [0.717, 1.165) is 42.5 Å². The van der Waals surface area contributed by atoms with E-state index in [1.165, 1.54) is 5.56 Å². The highest BCUT2D eigenvalue weighted by Crippen LogP contribution is 2.27. The third-order valence-corrected chi connectivity index (χ3v) is 4.69. The second kappa shape index (κ2) is 7.68. The maximum Gasteiger partial charge on any atom is 0.126 e. The fourth-order valence-corrected chi connectivity index (χ4v) is 3.23. The molecule has 3 heterocycles. The molecule has 1 saturated heterocycles. The normalized spacial score (nSPS) is 18.0. The number of hydrogen-bond donors (Lipinski definition) is 1. The lowest BCUT2D eigenvalue weighted by Gasteiger charge is -2.34. The van der Waals surface area contributed by atoms with E-state index in [0.29, 0.717) is 6.61 Å². The van der Waals surface area contributed by atoms with Crippen LogP contribution in [-0.2, 0) is 11.3 Å². The van der Waals surface area contributed by atoms with Crippen molar-refractivity contribution >= 4 is 0 Å². The van der Waals surface area contributed by atoms with Crippen LogP contribution in [0.4, 0.5) is 0 Å². The molecule has 0 spiro atoms. The molecule has 1 atom stereocenters. The molecule has 1 aliphatic heterocycles. The highest BCUT2D eigenvalue weighted by Gasteiger charge is 2.27. The topological polar surface area (TPSA) is 63.3 Å². The number of hydrogen-bond acceptors (Lipinski definition) is 5. The Morgan fingerprint density at radius 2 is 2.00 bits per heavy atom. The first-order chi connectivity index (χ1) is 12.8. The fourth-order valence-electron chi connectivity index (χ4n) is 3.23. The van der Waals surface area contributed by atoms with E-state index >= 15 is 0 Å². The summed E-state index contributed by atoms with van der Waals surface area (Å²) in [5.74, 6) is 1.78. The molecule has 0 amide bonds. The highest BCUT2D eigenvalue weighted by atomic mass is 16.5. The third kappa shape index (κ3) is 3.61. The Bertz CT molecular complexity index is 833. The van der Waals surface area contributed by atoms with Gasteiger partial charge in [-0.1, -0.05) is 0 Å². The first-order valence-corrected chi connectivity index (χ1v) is 8.73. The maximum absolute atomic E-state index is 5.72. The second-order valence-electron chi connectivity index (χ2n) is 6.33. The van der Waals surface area contributed by atoms with Crippen LogP contribution in [0, 0.1) is 0 Å². The van der Waals surface area contributed by atoms with E-state index in [-0.39, 0.29) is 6.04 Å². The molecule has 6 nitrogen and oxygen atoms in total. The van der Waals surface area contributed by atoms with E-state index in [1.807, 2.05) is 42.9 Å². The predicted octanol–water partition coefficient (Wildman–Crippen LogP) is 3.05. The lowest BCUT2D eigenvalue weighted by atomic mass is 10.1. The molecule has 134 valence electrons. The number of aromatic nitrogens is 3. The van der Waals surface area contributed by atoms with Gasteiger partial charge in [0.2, 0.25) is 0 Å². The minimum absolute atomic E-state index is 0.115. The van der Waals surface area contributed by atoms with Crippen LogP contribution >= 0.6 is 0 Å². The lowest BCUT2D eigenvalue weighted by molar-refractivity contribution is -0.0156. The maximum atomic E-state index is 5.72. The summed E-state index contributed by atoms with van der Waals surface area (Å²) >= 11 is 0. The standard InChI is InChI=1S/C20H22N4O2/c1-25-17-4-2-16(3-5-17)18-12-22-20(23-18)19-14-26-11-10-24(19)13-15-6-8-21-9-7-15/h2-9,12,19H,10-11,13-14H2,1H3,(H,22,23)/t19-/m0/s1. The van der Waals surface area contributed by atoms with Crippen molar-refractivity contribution in [1.82, 2.24) is 19.9 Å². The van der Waals surface area contributed by atoms with Crippen molar-refractivity contribution in [3.8, 4) is 17.0 Å². The predicted molar refractivity (Wildman–Crippen MR) is 98.8 cm³/mol. The Morgan fingerprint density at radius 1 is 1.19 bits per heavy atom. The third-order valence-electron chi connectivity index (χ3n) is 4.69. The van der Waals surface area contributed by atoms with Gasteiger partial charge in [-0.15, -0.1) is 0 Å². The van der Waals surface area contributed by atoms with E-state index in [9.17, 15) is 0 Å². The molecule has 1 N–H and O–H groups in total. The molecule has 0 radical (unpaired) electrons. The number of ether oxygens (including phenoxy) is 2. The molecule has 4 rings (SSSR count). The van der Waals surface area contributed by atoms with Gasteiger partial charge in [-0.25, -0.2) is 4.98 Å². The lowest BCUT2D eigenvalue weighted by Crippen LogP contribution is -2.39. The molecule has 1 fully saturated rings. The van der Waals surface area contributed by atoms with Gasteiger partial charge in [-0.2, -0.15) is 0 Å². The van der Waals surface area contributed by atoms with Gasteiger partial charge in [0, 0.05) is 25.5 Å². The molecule has 2 aromatic heterocycles. The first kappa shape index (κ1) is 16.8. The first-order valence-electron chi connectivity index (χ1n) is 8.73. The smallest absolute Gasteiger partial charge is 0.126 e. The highest BCUT2D eigenvalue weighted by molar-refractivity contribution is 5.59. The Hall–Kier alpha value is -2.70. The van der Waals surface area contributed by atoms with Crippen molar-refractivity contribution in [3.05, 3.63) is 66.4 Å². The van der Waals surface area contributed by atoms with Crippen molar-refractivity contribution in [1.29, 1.82) is 0 Å². The molecule has 0 saturated carbocycles. The van der Waals surface area contributed by atoms with Gasteiger partial charge in [-0.3, -0.25) is 9.88 Å². The van der Waals surface area contributed by atoms with E-state index < -0.39 is 0 Å². The summed E-state index contributed by atoms with van der Waals surface area (Å²) < 4.78 is 10.9. The SMILES string of the molecule is COc1ccc(-c2cnc([C@@H]3COCCN3Cc3ccncc3)[nH]2)cc1. The molecule has 26 heavy (non-hydrogen) atoms. The zero-order valence-electron chi connectivity index (χ0n) is 14.8. The molecule has 1 aliphatic rings. The molecule has 1 aromatic carbocycles. The van der Waals surface area contributed by atoms with Crippen LogP contribution in [-0.4, -0.2) is 46.7 Å². The van der Waals surface area contributed by atoms with Crippen LogP contribution in [0.3, 0.4) is 0 Å². The van der Waals surface area contributed by atoms with Gasteiger partial charge in [0.15, 0.2) is 0 Å². The number of H-pyrrole nitrogens is 1. The number of methoxy groups -OCH3 is 1. The van der Waals surface area contributed by atoms with Crippen molar-refractivity contribution in [2.45, 2.75) is 12.6 Å². The van der Waals surface area contributed by atoms with Crippen molar-refractivity contribution in [2.24, 2.45) is 0 Å². The monoisotopic (exact) mass is 350 g/mol.